The van der Waals surface area contributed by atoms with Gasteiger partial charge in [0, 0.05) is 10.9 Å². The Morgan fingerprint density at radius 1 is 1.44 bits per heavy atom. The first-order valence-corrected chi connectivity index (χ1v) is 5.72. The van der Waals surface area contributed by atoms with E-state index in [2.05, 4.69) is 0 Å². The van der Waals surface area contributed by atoms with Gasteiger partial charge in [0.25, 0.3) is 0 Å². The summed E-state index contributed by atoms with van der Waals surface area (Å²) in [6, 6.07) is 5.83. The highest BCUT2D eigenvalue weighted by Crippen LogP contribution is 2.64. The van der Waals surface area contributed by atoms with Crippen molar-refractivity contribution in [2.75, 3.05) is 0 Å². The summed E-state index contributed by atoms with van der Waals surface area (Å²) in [4.78, 5) is 11.1. The van der Waals surface area contributed by atoms with Crippen molar-refractivity contribution < 1.29 is 9.90 Å². The third kappa shape index (κ3) is 1.61. The lowest BCUT2D eigenvalue weighted by molar-refractivity contribution is -0.139. The standard InChI is InChI=1S/C13H15ClO2/c1-7-4-5-8(6-9(7)14)10-11(12(15)16)13(10,2)3/h4-6,10-11H,1-3H3,(H,15,16). The van der Waals surface area contributed by atoms with Crippen molar-refractivity contribution in [3.05, 3.63) is 34.3 Å². The molecule has 0 aromatic heterocycles. The molecule has 1 aromatic rings. The number of rotatable bonds is 2. The molecule has 1 saturated carbocycles. The highest BCUT2D eigenvalue weighted by molar-refractivity contribution is 6.31. The van der Waals surface area contributed by atoms with Crippen LogP contribution in [0.15, 0.2) is 18.2 Å². The van der Waals surface area contributed by atoms with Gasteiger partial charge in [0.05, 0.1) is 5.92 Å². The zero-order valence-corrected chi connectivity index (χ0v) is 10.4. The second-order valence-electron chi connectivity index (χ2n) is 5.12. The van der Waals surface area contributed by atoms with Gasteiger partial charge in [-0.05, 0) is 29.5 Å². The maximum Gasteiger partial charge on any atom is 0.307 e. The molecule has 0 aliphatic heterocycles. The Bertz CT molecular complexity index is 451. The maximum absolute atomic E-state index is 11.1. The van der Waals surface area contributed by atoms with Crippen LogP contribution in [-0.2, 0) is 4.79 Å². The van der Waals surface area contributed by atoms with Gasteiger partial charge in [0.1, 0.15) is 0 Å². The average molecular weight is 239 g/mol. The molecule has 0 heterocycles. The Hall–Kier alpha value is -1.02. The first-order valence-electron chi connectivity index (χ1n) is 5.34. The van der Waals surface area contributed by atoms with Gasteiger partial charge in [-0.2, -0.15) is 0 Å². The summed E-state index contributed by atoms with van der Waals surface area (Å²) in [6.45, 7) is 5.92. The molecule has 0 saturated heterocycles. The van der Waals surface area contributed by atoms with Gasteiger partial charge >= 0.3 is 5.97 Å². The van der Waals surface area contributed by atoms with Gasteiger partial charge < -0.3 is 5.11 Å². The normalized spacial score (nSPS) is 26.5. The molecule has 1 aliphatic carbocycles. The van der Waals surface area contributed by atoms with Crippen molar-refractivity contribution in [1.29, 1.82) is 0 Å². The molecule has 1 N–H and O–H groups in total. The molecule has 86 valence electrons. The van der Waals surface area contributed by atoms with Crippen LogP contribution >= 0.6 is 11.6 Å². The number of hydrogen-bond acceptors (Lipinski definition) is 1. The van der Waals surface area contributed by atoms with Crippen LogP contribution in [0, 0.1) is 18.3 Å². The van der Waals surface area contributed by atoms with Crippen LogP contribution in [0.3, 0.4) is 0 Å². The summed E-state index contributed by atoms with van der Waals surface area (Å²) in [5.74, 6) is -0.916. The number of aryl methyl sites for hydroxylation is 1. The van der Waals surface area contributed by atoms with E-state index in [1.807, 2.05) is 39.0 Å². The Kier molecular flexibility index (Phi) is 2.50. The van der Waals surface area contributed by atoms with Gasteiger partial charge in [-0.15, -0.1) is 0 Å². The largest absolute Gasteiger partial charge is 0.481 e. The topological polar surface area (TPSA) is 37.3 Å². The first kappa shape index (κ1) is 11.5. The van der Waals surface area contributed by atoms with E-state index in [1.54, 1.807) is 0 Å². The van der Waals surface area contributed by atoms with Gasteiger partial charge in [0.2, 0.25) is 0 Å². The van der Waals surface area contributed by atoms with Crippen LogP contribution in [-0.4, -0.2) is 11.1 Å². The number of carbonyl (C=O) groups is 1. The quantitative estimate of drug-likeness (QED) is 0.857. The minimum atomic E-state index is -0.716. The molecule has 2 nitrogen and oxygen atoms in total. The van der Waals surface area contributed by atoms with Gasteiger partial charge in [-0.3, -0.25) is 4.79 Å². The van der Waals surface area contributed by atoms with E-state index in [9.17, 15) is 4.79 Å². The Morgan fingerprint density at radius 3 is 2.50 bits per heavy atom. The van der Waals surface area contributed by atoms with Gasteiger partial charge in [0.15, 0.2) is 0 Å². The lowest BCUT2D eigenvalue weighted by atomic mass is 10.0. The number of carboxylic acids is 1. The van der Waals surface area contributed by atoms with Gasteiger partial charge in [-0.1, -0.05) is 37.6 Å². The molecule has 1 aliphatic rings. The lowest BCUT2D eigenvalue weighted by Crippen LogP contribution is -2.03. The summed E-state index contributed by atoms with van der Waals surface area (Å²) in [5, 5.41) is 9.82. The van der Waals surface area contributed by atoms with E-state index < -0.39 is 5.97 Å². The highest BCUT2D eigenvalue weighted by atomic mass is 35.5. The van der Waals surface area contributed by atoms with E-state index >= 15 is 0 Å². The molecule has 1 fully saturated rings. The third-order valence-electron chi connectivity index (χ3n) is 3.65. The Morgan fingerprint density at radius 2 is 2.06 bits per heavy atom. The molecule has 16 heavy (non-hydrogen) atoms. The number of halogens is 1. The number of benzene rings is 1. The van der Waals surface area contributed by atoms with Crippen molar-refractivity contribution in [2.24, 2.45) is 11.3 Å². The second-order valence-corrected chi connectivity index (χ2v) is 5.53. The maximum atomic E-state index is 11.1. The second kappa shape index (κ2) is 3.49. The van der Waals surface area contributed by atoms with Crippen molar-refractivity contribution >= 4 is 17.6 Å². The molecule has 1 aromatic carbocycles. The number of hydrogen-bond donors (Lipinski definition) is 1. The monoisotopic (exact) mass is 238 g/mol. The first-order chi connectivity index (χ1) is 7.35. The minimum absolute atomic E-state index is 0.0862. The predicted octanol–water partition coefficient (Wildman–Crippen LogP) is 3.47. The molecule has 0 bridgehead atoms. The molecular weight excluding hydrogens is 224 g/mol. The van der Waals surface area contributed by atoms with E-state index in [-0.39, 0.29) is 17.3 Å². The van der Waals surface area contributed by atoms with Crippen molar-refractivity contribution in [1.82, 2.24) is 0 Å². The molecule has 0 amide bonds. The fraction of sp³-hybridized carbons (Fsp3) is 0.462. The van der Waals surface area contributed by atoms with Gasteiger partial charge in [-0.25, -0.2) is 0 Å². The third-order valence-corrected chi connectivity index (χ3v) is 4.06. The fourth-order valence-electron chi connectivity index (χ4n) is 2.52. The predicted molar refractivity (Wildman–Crippen MR) is 63.8 cm³/mol. The summed E-state index contributed by atoms with van der Waals surface area (Å²) >= 11 is 6.06. The van der Waals surface area contributed by atoms with Crippen LogP contribution in [0.2, 0.25) is 5.02 Å². The van der Waals surface area contributed by atoms with Crippen LogP contribution in [0.1, 0.15) is 30.9 Å². The molecule has 2 rings (SSSR count). The fourth-order valence-corrected chi connectivity index (χ4v) is 2.71. The Labute approximate surface area is 100 Å². The Balaban J connectivity index is 2.33. The van der Waals surface area contributed by atoms with E-state index in [4.69, 9.17) is 16.7 Å². The lowest BCUT2D eigenvalue weighted by Gasteiger charge is -2.05. The smallest absolute Gasteiger partial charge is 0.307 e. The molecular formula is C13H15ClO2. The zero-order valence-electron chi connectivity index (χ0n) is 9.62. The zero-order chi connectivity index (χ0) is 12.1. The molecule has 0 radical (unpaired) electrons. The van der Waals surface area contributed by atoms with Crippen LogP contribution in [0.4, 0.5) is 0 Å². The summed E-state index contributed by atoms with van der Waals surface area (Å²) in [6.07, 6.45) is 0. The summed E-state index contributed by atoms with van der Waals surface area (Å²) in [5.41, 5.74) is 1.90. The number of aliphatic carboxylic acids is 1. The van der Waals surface area contributed by atoms with Crippen LogP contribution < -0.4 is 0 Å². The van der Waals surface area contributed by atoms with Crippen molar-refractivity contribution in [3.63, 3.8) is 0 Å². The van der Waals surface area contributed by atoms with E-state index in [0.29, 0.717) is 5.02 Å². The summed E-state index contributed by atoms with van der Waals surface area (Å²) in [7, 11) is 0. The van der Waals surface area contributed by atoms with Crippen LogP contribution in [0.25, 0.3) is 0 Å². The minimum Gasteiger partial charge on any atom is -0.481 e. The molecule has 2 unspecified atom stereocenters. The average Bonchev–Trinajstić information content (AvgIpc) is 2.74. The van der Waals surface area contributed by atoms with Crippen molar-refractivity contribution in [2.45, 2.75) is 26.7 Å². The van der Waals surface area contributed by atoms with Crippen molar-refractivity contribution in [3.8, 4) is 0 Å². The van der Waals surface area contributed by atoms with E-state index in [0.717, 1.165) is 11.1 Å². The molecule has 0 spiro atoms. The molecule has 2 atom stereocenters. The number of carboxylic acid groups (broad SMARTS) is 1. The SMILES string of the molecule is Cc1ccc(C2C(C(=O)O)C2(C)C)cc1Cl. The molecule has 3 heteroatoms. The van der Waals surface area contributed by atoms with E-state index in [1.165, 1.54) is 0 Å². The van der Waals surface area contributed by atoms with Crippen LogP contribution in [0.5, 0.6) is 0 Å². The summed E-state index contributed by atoms with van der Waals surface area (Å²) < 4.78 is 0. The highest BCUT2D eigenvalue weighted by Gasteiger charge is 2.62.